The zero-order valence-corrected chi connectivity index (χ0v) is 13.2. The molecule has 0 atom stereocenters. The third-order valence-electron chi connectivity index (χ3n) is 3.79. The Morgan fingerprint density at radius 2 is 1.82 bits per heavy atom. The normalized spacial score (nSPS) is 10.5. The molecule has 0 aliphatic carbocycles. The van der Waals surface area contributed by atoms with Gasteiger partial charge in [0.05, 0.1) is 12.2 Å². The molecular weight excluding hydrogens is 274 g/mol. The largest absolute Gasteiger partial charge is 0.465 e. The summed E-state index contributed by atoms with van der Waals surface area (Å²) < 4.78 is 0. The van der Waals surface area contributed by atoms with Gasteiger partial charge in [0.1, 0.15) is 0 Å². The van der Waals surface area contributed by atoms with Crippen molar-refractivity contribution in [3.05, 3.63) is 65.2 Å². The number of nitrogens with zero attached hydrogens (tertiary/aromatic N) is 1. The Morgan fingerprint density at radius 3 is 2.41 bits per heavy atom. The quantitative estimate of drug-likeness (QED) is 0.813. The number of hydrogen-bond donors (Lipinski definition) is 1. The summed E-state index contributed by atoms with van der Waals surface area (Å²) in [5.41, 5.74) is 4.02. The fraction of sp³-hybridized carbons (Fsp3) is 0.316. The minimum absolute atomic E-state index is 0.366. The van der Waals surface area contributed by atoms with E-state index in [1.807, 2.05) is 49.4 Å². The molecule has 22 heavy (non-hydrogen) atoms. The van der Waals surface area contributed by atoms with Gasteiger partial charge in [-0.15, -0.1) is 0 Å². The Morgan fingerprint density at radius 1 is 1.09 bits per heavy atom. The van der Waals surface area contributed by atoms with Gasteiger partial charge >= 0.3 is 6.09 Å². The highest BCUT2D eigenvalue weighted by Gasteiger charge is 2.17. The first-order valence-electron chi connectivity index (χ1n) is 7.75. The minimum Gasteiger partial charge on any atom is -0.465 e. The second-order valence-electron chi connectivity index (χ2n) is 5.58. The van der Waals surface area contributed by atoms with Crippen LogP contribution in [0, 0.1) is 6.92 Å². The number of hydrogen-bond acceptors (Lipinski definition) is 1. The van der Waals surface area contributed by atoms with Crippen molar-refractivity contribution in [2.24, 2.45) is 0 Å². The van der Waals surface area contributed by atoms with Crippen LogP contribution in [-0.4, -0.2) is 11.2 Å². The fourth-order valence-corrected chi connectivity index (χ4v) is 2.58. The highest BCUT2D eigenvalue weighted by molar-refractivity contribution is 5.87. The van der Waals surface area contributed by atoms with Crippen molar-refractivity contribution >= 4 is 11.8 Å². The van der Waals surface area contributed by atoms with Crippen molar-refractivity contribution < 1.29 is 9.90 Å². The summed E-state index contributed by atoms with van der Waals surface area (Å²) in [6.45, 7) is 4.52. The SMILES string of the molecule is CCCCc1ccc(N(Cc2ccccc2)C(=O)O)c(C)c1. The Bertz CT molecular complexity index is 623. The fourth-order valence-electron chi connectivity index (χ4n) is 2.58. The molecule has 0 radical (unpaired) electrons. The maximum Gasteiger partial charge on any atom is 0.412 e. The standard InChI is InChI=1S/C19H23NO2/c1-3-4-8-16-11-12-18(15(2)13-16)20(19(21)22)14-17-9-6-5-7-10-17/h5-7,9-13H,3-4,8,14H2,1-2H3,(H,21,22). The number of benzene rings is 2. The zero-order chi connectivity index (χ0) is 15.9. The molecule has 0 aliphatic heterocycles. The van der Waals surface area contributed by atoms with E-state index in [9.17, 15) is 9.90 Å². The van der Waals surface area contributed by atoms with Crippen LogP contribution in [-0.2, 0) is 13.0 Å². The second kappa shape index (κ2) is 7.64. The lowest BCUT2D eigenvalue weighted by Gasteiger charge is -2.22. The van der Waals surface area contributed by atoms with E-state index in [1.54, 1.807) is 0 Å². The average molecular weight is 297 g/mol. The first-order valence-corrected chi connectivity index (χ1v) is 7.75. The van der Waals surface area contributed by atoms with Crippen LogP contribution >= 0.6 is 0 Å². The molecule has 0 saturated carbocycles. The number of rotatable bonds is 6. The van der Waals surface area contributed by atoms with E-state index in [-0.39, 0.29) is 0 Å². The van der Waals surface area contributed by atoms with Crippen LogP contribution in [0.4, 0.5) is 10.5 Å². The maximum absolute atomic E-state index is 11.6. The first-order chi connectivity index (χ1) is 10.6. The molecular formula is C19H23NO2. The Kier molecular flexibility index (Phi) is 5.59. The number of aryl methyl sites for hydroxylation is 2. The molecule has 3 nitrogen and oxygen atoms in total. The molecule has 0 aliphatic rings. The van der Waals surface area contributed by atoms with E-state index in [1.165, 1.54) is 10.5 Å². The Balaban J connectivity index is 2.23. The molecule has 0 fully saturated rings. The van der Waals surface area contributed by atoms with Crippen molar-refractivity contribution in [2.75, 3.05) is 4.90 Å². The minimum atomic E-state index is -0.923. The monoisotopic (exact) mass is 297 g/mol. The molecule has 1 amide bonds. The molecule has 0 spiro atoms. The van der Waals surface area contributed by atoms with Gasteiger partial charge in [0.15, 0.2) is 0 Å². The maximum atomic E-state index is 11.6. The molecule has 3 heteroatoms. The van der Waals surface area contributed by atoms with Gasteiger partial charge in [-0.25, -0.2) is 4.79 Å². The van der Waals surface area contributed by atoms with Gasteiger partial charge in [-0.2, -0.15) is 0 Å². The summed E-state index contributed by atoms with van der Waals surface area (Å²) in [6.07, 6.45) is 2.44. The molecule has 2 rings (SSSR count). The summed E-state index contributed by atoms with van der Waals surface area (Å²) in [7, 11) is 0. The zero-order valence-electron chi connectivity index (χ0n) is 13.2. The van der Waals surface area contributed by atoms with Crippen molar-refractivity contribution in [3.63, 3.8) is 0 Å². The van der Waals surface area contributed by atoms with Gasteiger partial charge in [-0.3, -0.25) is 4.90 Å². The van der Waals surface area contributed by atoms with Crippen LogP contribution in [0.2, 0.25) is 0 Å². The third-order valence-corrected chi connectivity index (χ3v) is 3.79. The van der Waals surface area contributed by atoms with E-state index in [4.69, 9.17) is 0 Å². The summed E-state index contributed by atoms with van der Waals surface area (Å²) in [6, 6.07) is 15.7. The molecule has 0 aromatic heterocycles. The van der Waals surface area contributed by atoms with Gasteiger partial charge in [0, 0.05) is 0 Å². The predicted octanol–water partition coefficient (Wildman–Crippen LogP) is 5.02. The molecule has 2 aromatic carbocycles. The van der Waals surface area contributed by atoms with E-state index >= 15 is 0 Å². The highest BCUT2D eigenvalue weighted by Crippen LogP contribution is 2.24. The third kappa shape index (κ3) is 4.10. The van der Waals surface area contributed by atoms with Gasteiger partial charge < -0.3 is 5.11 Å². The number of carboxylic acid groups (broad SMARTS) is 1. The van der Waals surface area contributed by atoms with E-state index in [0.717, 1.165) is 36.1 Å². The van der Waals surface area contributed by atoms with E-state index in [2.05, 4.69) is 13.0 Å². The van der Waals surface area contributed by atoms with Crippen molar-refractivity contribution in [1.29, 1.82) is 0 Å². The summed E-state index contributed by atoms with van der Waals surface area (Å²) in [4.78, 5) is 13.1. The number of amides is 1. The molecule has 0 saturated heterocycles. The number of anilines is 1. The van der Waals surface area contributed by atoms with Crippen molar-refractivity contribution in [2.45, 2.75) is 39.7 Å². The highest BCUT2D eigenvalue weighted by atomic mass is 16.4. The molecule has 116 valence electrons. The van der Waals surface area contributed by atoms with Gasteiger partial charge in [-0.1, -0.05) is 55.8 Å². The smallest absolute Gasteiger partial charge is 0.412 e. The van der Waals surface area contributed by atoms with Gasteiger partial charge in [-0.05, 0) is 42.5 Å². The topological polar surface area (TPSA) is 40.5 Å². The van der Waals surface area contributed by atoms with Crippen molar-refractivity contribution in [1.82, 2.24) is 0 Å². The number of unbranched alkanes of at least 4 members (excludes halogenated alkanes) is 1. The lowest BCUT2D eigenvalue weighted by molar-refractivity contribution is 0.201. The Labute approximate surface area is 132 Å². The van der Waals surface area contributed by atoms with Gasteiger partial charge in [0.2, 0.25) is 0 Å². The van der Waals surface area contributed by atoms with Crippen LogP contribution < -0.4 is 4.90 Å². The second-order valence-corrected chi connectivity index (χ2v) is 5.58. The molecule has 0 unspecified atom stereocenters. The van der Waals surface area contributed by atoms with Crippen molar-refractivity contribution in [3.8, 4) is 0 Å². The molecule has 1 N–H and O–H groups in total. The predicted molar refractivity (Wildman–Crippen MR) is 90.4 cm³/mol. The summed E-state index contributed by atoms with van der Waals surface area (Å²) in [5, 5.41) is 9.55. The molecule has 2 aromatic rings. The lowest BCUT2D eigenvalue weighted by Crippen LogP contribution is -2.29. The molecule has 0 bridgehead atoms. The van der Waals surface area contributed by atoms with E-state index < -0.39 is 6.09 Å². The lowest BCUT2D eigenvalue weighted by atomic mass is 10.0. The summed E-state index contributed by atoms with van der Waals surface area (Å²) in [5.74, 6) is 0. The van der Waals surface area contributed by atoms with Crippen LogP contribution in [0.5, 0.6) is 0 Å². The van der Waals surface area contributed by atoms with Crippen LogP contribution in [0.25, 0.3) is 0 Å². The number of carbonyl (C=O) groups is 1. The molecule has 0 heterocycles. The van der Waals surface area contributed by atoms with Crippen LogP contribution in [0.3, 0.4) is 0 Å². The Hall–Kier alpha value is -2.29. The van der Waals surface area contributed by atoms with E-state index in [0.29, 0.717) is 6.54 Å². The summed E-state index contributed by atoms with van der Waals surface area (Å²) >= 11 is 0. The average Bonchev–Trinajstić information content (AvgIpc) is 2.52. The van der Waals surface area contributed by atoms with Gasteiger partial charge in [0.25, 0.3) is 0 Å². The first kappa shape index (κ1) is 16.1. The van der Waals surface area contributed by atoms with Crippen LogP contribution in [0.1, 0.15) is 36.5 Å². The van der Waals surface area contributed by atoms with Crippen LogP contribution in [0.15, 0.2) is 48.5 Å².